The van der Waals surface area contributed by atoms with Gasteiger partial charge in [-0.2, -0.15) is 0 Å². The largest absolute Gasteiger partial charge is 0.490 e. The summed E-state index contributed by atoms with van der Waals surface area (Å²) in [6.45, 7) is 2.68. The third-order valence-corrected chi connectivity index (χ3v) is 5.58. The number of ether oxygens (including phenoxy) is 1. The normalized spacial score (nSPS) is 23.5. The maximum absolute atomic E-state index is 14.4. The molecule has 3 nitrogen and oxygen atoms in total. The first-order valence-corrected chi connectivity index (χ1v) is 9.24. The van der Waals surface area contributed by atoms with Crippen molar-refractivity contribution in [2.45, 2.75) is 28.4 Å². The van der Waals surface area contributed by atoms with E-state index in [1.165, 1.54) is 4.90 Å². The summed E-state index contributed by atoms with van der Waals surface area (Å²) in [6, 6.07) is 16.5. The van der Waals surface area contributed by atoms with Crippen molar-refractivity contribution in [3.63, 3.8) is 0 Å². The lowest BCUT2D eigenvalue weighted by molar-refractivity contribution is 0.208. The Balaban J connectivity index is 1.62. The van der Waals surface area contributed by atoms with Crippen LogP contribution < -0.4 is 15.0 Å². The van der Waals surface area contributed by atoms with Crippen LogP contribution in [-0.2, 0) is 0 Å². The average molecular weight is 344 g/mol. The number of nitrogens with one attached hydrogen (secondary N) is 1. The summed E-state index contributed by atoms with van der Waals surface area (Å²) in [6.07, 6.45) is -0.00782. The van der Waals surface area contributed by atoms with Crippen LogP contribution in [0, 0.1) is 0 Å². The topological polar surface area (TPSA) is 24.5 Å². The van der Waals surface area contributed by atoms with E-state index < -0.39 is 6.17 Å². The third kappa shape index (κ3) is 3.23. The zero-order chi connectivity index (χ0) is 16.4. The fraction of sp³-hybridized carbons (Fsp3) is 0.368. The maximum Gasteiger partial charge on any atom is 0.142 e. The zero-order valence-corrected chi connectivity index (χ0v) is 14.3. The third-order valence-electron chi connectivity index (χ3n) is 4.58. The molecule has 2 atom stereocenters. The van der Waals surface area contributed by atoms with Gasteiger partial charge in [0.15, 0.2) is 0 Å². The van der Waals surface area contributed by atoms with E-state index in [2.05, 4.69) is 34.5 Å². The van der Waals surface area contributed by atoms with Crippen molar-refractivity contribution in [2.75, 3.05) is 31.1 Å². The number of hydrogen-bond donors (Lipinski definition) is 1. The monoisotopic (exact) mass is 344 g/mol. The number of hydrogen-bond acceptors (Lipinski definition) is 4. The highest BCUT2D eigenvalue weighted by molar-refractivity contribution is 7.99. The summed E-state index contributed by atoms with van der Waals surface area (Å²) >= 11 is 1.72. The van der Waals surface area contributed by atoms with Gasteiger partial charge in [0.1, 0.15) is 18.5 Å². The molecule has 1 saturated heterocycles. The number of halogens is 1. The van der Waals surface area contributed by atoms with Crippen LogP contribution in [0.25, 0.3) is 0 Å². The van der Waals surface area contributed by atoms with E-state index in [1.807, 2.05) is 24.3 Å². The SMILES string of the molecule is FC1CNCCC1N1CCOc2ccc(Sc3ccccc3)cc21. The van der Waals surface area contributed by atoms with E-state index in [0.717, 1.165) is 35.8 Å². The Hall–Kier alpha value is -1.72. The average Bonchev–Trinajstić information content (AvgIpc) is 2.63. The molecule has 126 valence electrons. The van der Waals surface area contributed by atoms with Gasteiger partial charge >= 0.3 is 0 Å². The molecular weight excluding hydrogens is 323 g/mol. The Bertz CT molecular complexity index is 697. The van der Waals surface area contributed by atoms with Crippen molar-refractivity contribution < 1.29 is 9.13 Å². The van der Waals surface area contributed by atoms with Gasteiger partial charge in [-0.3, -0.25) is 0 Å². The van der Waals surface area contributed by atoms with Crippen molar-refractivity contribution in [1.82, 2.24) is 5.32 Å². The molecule has 1 N–H and O–H groups in total. The molecule has 0 radical (unpaired) electrons. The van der Waals surface area contributed by atoms with Gasteiger partial charge in [0.05, 0.1) is 18.3 Å². The number of rotatable bonds is 3. The van der Waals surface area contributed by atoms with Crippen LogP contribution in [-0.4, -0.2) is 38.5 Å². The molecule has 0 amide bonds. The molecule has 2 aliphatic rings. The first-order chi connectivity index (χ1) is 11.8. The molecule has 0 saturated carbocycles. The molecule has 0 spiro atoms. The van der Waals surface area contributed by atoms with Crippen molar-refractivity contribution in [3.05, 3.63) is 48.5 Å². The number of benzene rings is 2. The minimum atomic E-state index is -0.838. The first-order valence-electron chi connectivity index (χ1n) is 8.42. The Labute approximate surface area is 146 Å². The Morgan fingerprint density at radius 3 is 2.83 bits per heavy atom. The van der Waals surface area contributed by atoms with E-state index in [0.29, 0.717) is 13.2 Å². The highest BCUT2D eigenvalue weighted by atomic mass is 32.2. The molecular formula is C19H21FN2OS. The molecule has 2 heterocycles. The van der Waals surface area contributed by atoms with Crippen LogP contribution in [0.2, 0.25) is 0 Å². The molecule has 5 heteroatoms. The summed E-state index contributed by atoms with van der Waals surface area (Å²) in [5, 5.41) is 3.13. The van der Waals surface area contributed by atoms with Crippen molar-refractivity contribution in [1.29, 1.82) is 0 Å². The summed E-state index contributed by atoms with van der Waals surface area (Å²) in [7, 11) is 0. The number of fused-ring (bicyclic) bond motifs is 1. The van der Waals surface area contributed by atoms with Gasteiger partial charge in [-0.1, -0.05) is 30.0 Å². The lowest BCUT2D eigenvalue weighted by atomic mass is 10.0. The molecule has 0 aliphatic carbocycles. The number of piperidine rings is 1. The second-order valence-electron chi connectivity index (χ2n) is 6.16. The highest BCUT2D eigenvalue weighted by Gasteiger charge is 2.33. The van der Waals surface area contributed by atoms with E-state index >= 15 is 0 Å². The predicted octanol–water partition coefficient (Wildman–Crippen LogP) is 3.74. The molecule has 2 aromatic carbocycles. The van der Waals surface area contributed by atoms with Crippen LogP contribution in [0.1, 0.15) is 6.42 Å². The molecule has 0 bridgehead atoms. The van der Waals surface area contributed by atoms with Gasteiger partial charge in [-0.05, 0) is 43.3 Å². The smallest absolute Gasteiger partial charge is 0.142 e. The van der Waals surface area contributed by atoms with Crippen LogP contribution in [0.3, 0.4) is 0 Å². The minimum Gasteiger partial charge on any atom is -0.490 e. The molecule has 2 unspecified atom stereocenters. The van der Waals surface area contributed by atoms with Crippen LogP contribution >= 0.6 is 11.8 Å². The lowest BCUT2D eigenvalue weighted by Gasteiger charge is -2.41. The summed E-state index contributed by atoms with van der Waals surface area (Å²) in [5.41, 5.74) is 1.02. The van der Waals surface area contributed by atoms with Gasteiger partial charge in [0.2, 0.25) is 0 Å². The van der Waals surface area contributed by atoms with E-state index in [1.54, 1.807) is 11.8 Å². The predicted molar refractivity (Wildman–Crippen MR) is 96.0 cm³/mol. The highest BCUT2D eigenvalue weighted by Crippen LogP contribution is 2.39. The fourth-order valence-electron chi connectivity index (χ4n) is 3.41. The van der Waals surface area contributed by atoms with E-state index in [-0.39, 0.29) is 6.04 Å². The quantitative estimate of drug-likeness (QED) is 0.917. The Kier molecular flexibility index (Phi) is 4.63. The maximum atomic E-state index is 14.4. The van der Waals surface area contributed by atoms with Crippen LogP contribution in [0.15, 0.2) is 58.3 Å². The van der Waals surface area contributed by atoms with Gasteiger partial charge in [-0.25, -0.2) is 4.39 Å². The van der Waals surface area contributed by atoms with Crippen LogP contribution in [0.5, 0.6) is 5.75 Å². The van der Waals surface area contributed by atoms with Gasteiger partial charge in [0.25, 0.3) is 0 Å². The Morgan fingerprint density at radius 2 is 2.00 bits per heavy atom. The lowest BCUT2D eigenvalue weighted by Crippen LogP contribution is -2.53. The first kappa shape index (κ1) is 15.8. The molecule has 1 fully saturated rings. The number of anilines is 1. The second kappa shape index (κ2) is 7.03. The summed E-state index contributed by atoms with van der Waals surface area (Å²) in [5.74, 6) is 0.865. The molecule has 24 heavy (non-hydrogen) atoms. The summed E-state index contributed by atoms with van der Waals surface area (Å²) < 4.78 is 20.2. The van der Waals surface area contributed by atoms with Crippen molar-refractivity contribution >= 4 is 17.4 Å². The van der Waals surface area contributed by atoms with Gasteiger partial charge in [0, 0.05) is 16.3 Å². The number of nitrogens with zero attached hydrogens (tertiary/aromatic N) is 1. The minimum absolute atomic E-state index is 0.0640. The van der Waals surface area contributed by atoms with Crippen molar-refractivity contribution in [2.24, 2.45) is 0 Å². The van der Waals surface area contributed by atoms with Gasteiger partial charge < -0.3 is 15.0 Å². The van der Waals surface area contributed by atoms with Crippen molar-refractivity contribution in [3.8, 4) is 5.75 Å². The molecule has 2 aliphatic heterocycles. The molecule has 0 aromatic heterocycles. The zero-order valence-electron chi connectivity index (χ0n) is 13.5. The van der Waals surface area contributed by atoms with E-state index in [9.17, 15) is 4.39 Å². The standard InChI is InChI=1S/C19H21FN2OS/c20-16-13-21-9-8-17(16)22-10-11-23-19-7-6-15(12-18(19)22)24-14-4-2-1-3-5-14/h1-7,12,16-17,21H,8-11,13H2. The second-order valence-corrected chi connectivity index (χ2v) is 7.31. The fourth-order valence-corrected chi connectivity index (χ4v) is 4.28. The van der Waals surface area contributed by atoms with E-state index in [4.69, 9.17) is 4.74 Å². The summed E-state index contributed by atoms with van der Waals surface area (Å²) in [4.78, 5) is 4.56. The van der Waals surface area contributed by atoms with Crippen LogP contribution in [0.4, 0.5) is 10.1 Å². The Morgan fingerprint density at radius 1 is 1.12 bits per heavy atom. The molecule has 4 rings (SSSR count). The number of alkyl halides is 1. The van der Waals surface area contributed by atoms with Gasteiger partial charge in [-0.15, -0.1) is 0 Å². The molecule has 2 aromatic rings.